The summed E-state index contributed by atoms with van der Waals surface area (Å²) >= 11 is 0. The van der Waals surface area contributed by atoms with Crippen LogP contribution in [0.3, 0.4) is 0 Å². The number of rotatable bonds is 2. The van der Waals surface area contributed by atoms with E-state index in [9.17, 15) is 9.59 Å². The highest BCUT2D eigenvalue weighted by Crippen LogP contribution is 3.18. The van der Waals surface area contributed by atoms with Gasteiger partial charge in [0.25, 0.3) is 0 Å². The first-order valence-corrected chi connectivity index (χ1v) is 6.62. The van der Waals surface area contributed by atoms with Crippen LogP contribution in [0.25, 0.3) is 0 Å². The lowest BCUT2D eigenvalue weighted by Gasteiger charge is -3.16. The van der Waals surface area contributed by atoms with Crippen molar-refractivity contribution in [3.05, 3.63) is 0 Å². The van der Waals surface area contributed by atoms with Gasteiger partial charge in [0.2, 0.25) is 0 Å². The zero-order valence-corrected chi connectivity index (χ0v) is 10.9. The fourth-order valence-corrected chi connectivity index (χ4v) is 8.18. The molecule has 0 amide bonds. The molecule has 0 unspecified atom stereocenters. The molecule has 6 saturated carbocycles. The number of esters is 2. The van der Waals surface area contributed by atoms with Crippen LogP contribution in [0.5, 0.6) is 0 Å². The van der Waals surface area contributed by atoms with E-state index in [1.165, 1.54) is 14.2 Å². The normalized spacial score (nSPS) is 70.4. The highest BCUT2D eigenvalue weighted by Gasteiger charge is 3.21. The molecule has 0 N–H and O–H groups in total. The van der Waals surface area contributed by atoms with E-state index in [0.29, 0.717) is 23.7 Å². The summed E-state index contributed by atoms with van der Waals surface area (Å²) in [4.78, 5) is 24.3. The summed E-state index contributed by atoms with van der Waals surface area (Å²) in [5.41, 5.74) is -0.486. The third kappa shape index (κ3) is 0.359. The van der Waals surface area contributed by atoms with Crippen LogP contribution in [0.1, 0.15) is 13.8 Å². The molecule has 0 aromatic carbocycles. The first-order valence-electron chi connectivity index (χ1n) is 6.62. The maximum atomic E-state index is 12.1. The van der Waals surface area contributed by atoms with Gasteiger partial charge in [-0.15, -0.1) is 0 Å². The molecular formula is C14H16O4. The molecule has 6 rings (SSSR count). The third-order valence-electron chi connectivity index (χ3n) is 8.23. The second kappa shape index (κ2) is 1.93. The van der Waals surface area contributed by atoms with Crippen molar-refractivity contribution in [3.8, 4) is 0 Å². The lowest BCUT2D eigenvalue weighted by atomic mass is 8.84. The van der Waals surface area contributed by atoms with Gasteiger partial charge in [0.15, 0.2) is 0 Å². The molecule has 4 nitrogen and oxygen atoms in total. The predicted octanol–water partition coefficient (Wildman–Crippen LogP) is 0.851. The Morgan fingerprint density at radius 3 is 1.39 bits per heavy atom. The molecule has 6 aliphatic carbocycles. The maximum absolute atomic E-state index is 12.1. The monoisotopic (exact) mass is 248 g/mol. The van der Waals surface area contributed by atoms with E-state index in [1.54, 1.807) is 0 Å². The van der Waals surface area contributed by atoms with Crippen molar-refractivity contribution in [3.63, 3.8) is 0 Å². The first kappa shape index (κ1) is 9.82. The molecule has 0 aliphatic heterocycles. The minimum absolute atomic E-state index is 0.00856. The smallest absolute Gasteiger partial charge is 0.313 e. The maximum Gasteiger partial charge on any atom is 0.313 e. The van der Waals surface area contributed by atoms with Gasteiger partial charge in [0, 0.05) is 0 Å². The van der Waals surface area contributed by atoms with Gasteiger partial charge in [-0.05, 0) is 34.5 Å². The summed E-state index contributed by atoms with van der Waals surface area (Å²) in [6, 6.07) is 0. The average molecular weight is 248 g/mol. The summed E-state index contributed by atoms with van der Waals surface area (Å²) < 4.78 is 10.1. The van der Waals surface area contributed by atoms with E-state index in [-0.39, 0.29) is 33.6 Å². The first-order chi connectivity index (χ1) is 8.44. The van der Waals surface area contributed by atoms with Crippen LogP contribution in [0.2, 0.25) is 0 Å². The quantitative estimate of drug-likeness (QED) is 0.680. The van der Waals surface area contributed by atoms with E-state index in [0.717, 1.165) is 0 Å². The Kier molecular flexibility index (Phi) is 1.05. The van der Waals surface area contributed by atoms with Gasteiger partial charge in [-0.3, -0.25) is 9.59 Å². The largest absolute Gasteiger partial charge is 0.469 e. The van der Waals surface area contributed by atoms with Crippen LogP contribution in [0, 0.1) is 45.3 Å². The van der Waals surface area contributed by atoms with Gasteiger partial charge in [0.05, 0.1) is 25.0 Å². The number of hydrogen-bond acceptors (Lipinski definition) is 4. The van der Waals surface area contributed by atoms with E-state index >= 15 is 0 Å². The standard InChI is InChI=1S/C14H16O4/c1-11-7-5-6-8(13(5,11)9(15)17-3)12(11,2)14(6,7)10(16)18-4/h5-8H,1-4H3/t5-,6-,7+,8+,11-,12-,13+,14+/m1/s1. The Hall–Kier alpha value is -1.06. The van der Waals surface area contributed by atoms with Crippen molar-refractivity contribution >= 4 is 11.9 Å². The SMILES string of the molecule is COC(=O)[C@]12[C@@H]3[C@@H]4[C@H]1[C@@]1(C)[C@]4(C(=O)OC)[C@@H]3[C@@]21C. The summed E-state index contributed by atoms with van der Waals surface area (Å²) in [5, 5.41) is 0. The fourth-order valence-electron chi connectivity index (χ4n) is 8.18. The Bertz CT molecular complexity index is 520. The molecule has 0 bridgehead atoms. The number of methoxy groups -OCH3 is 2. The van der Waals surface area contributed by atoms with Crippen LogP contribution < -0.4 is 0 Å². The molecular weight excluding hydrogens is 232 g/mol. The highest BCUT2D eigenvalue weighted by atomic mass is 16.5. The summed E-state index contributed by atoms with van der Waals surface area (Å²) in [7, 11) is 2.96. The average Bonchev–Trinajstić information content (AvgIpc) is 2.36. The molecule has 0 saturated heterocycles. The molecule has 8 atom stereocenters. The van der Waals surface area contributed by atoms with Crippen molar-refractivity contribution < 1.29 is 19.1 Å². The molecule has 0 heterocycles. The number of ether oxygens (including phenoxy) is 2. The van der Waals surface area contributed by atoms with Crippen LogP contribution in [0.4, 0.5) is 0 Å². The molecule has 6 aliphatic rings. The van der Waals surface area contributed by atoms with Crippen molar-refractivity contribution in [1.29, 1.82) is 0 Å². The second-order valence-corrected chi connectivity index (χ2v) is 7.13. The van der Waals surface area contributed by atoms with Crippen molar-refractivity contribution in [1.82, 2.24) is 0 Å². The summed E-state index contributed by atoms with van der Waals surface area (Å²) in [5.74, 6) is 1.47. The number of hydrogen-bond donors (Lipinski definition) is 0. The molecule has 6 fully saturated rings. The Labute approximate surface area is 105 Å². The van der Waals surface area contributed by atoms with E-state index < -0.39 is 0 Å². The van der Waals surface area contributed by atoms with Gasteiger partial charge in [-0.1, -0.05) is 13.8 Å². The van der Waals surface area contributed by atoms with Crippen molar-refractivity contribution in [2.75, 3.05) is 14.2 Å². The fraction of sp³-hybridized carbons (Fsp3) is 0.857. The van der Waals surface area contributed by atoms with Crippen LogP contribution >= 0.6 is 0 Å². The van der Waals surface area contributed by atoms with Gasteiger partial charge in [-0.2, -0.15) is 0 Å². The van der Waals surface area contributed by atoms with E-state index in [1.807, 2.05) is 0 Å². The molecule has 4 heteroatoms. The Balaban J connectivity index is 1.64. The van der Waals surface area contributed by atoms with Gasteiger partial charge in [0.1, 0.15) is 0 Å². The topological polar surface area (TPSA) is 52.6 Å². The van der Waals surface area contributed by atoms with Crippen molar-refractivity contribution in [2.24, 2.45) is 45.3 Å². The van der Waals surface area contributed by atoms with E-state index in [2.05, 4.69) is 13.8 Å². The molecule has 18 heavy (non-hydrogen) atoms. The third-order valence-corrected chi connectivity index (χ3v) is 8.23. The van der Waals surface area contributed by atoms with Gasteiger partial charge >= 0.3 is 11.9 Å². The zero-order chi connectivity index (χ0) is 12.9. The Morgan fingerprint density at radius 2 is 1.17 bits per heavy atom. The van der Waals surface area contributed by atoms with Crippen LogP contribution in [0.15, 0.2) is 0 Å². The molecule has 0 aromatic rings. The van der Waals surface area contributed by atoms with Gasteiger partial charge < -0.3 is 9.47 Å². The summed E-state index contributed by atoms with van der Waals surface area (Å²) in [6.45, 7) is 4.36. The van der Waals surface area contributed by atoms with E-state index in [4.69, 9.17) is 9.47 Å². The van der Waals surface area contributed by atoms with Gasteiger partial charge in [-0.25, -0.2) is 0 Å². The molecule has 0 aromatic heterocycles. The highest BCUT2D eigenvalue weighted by molar-refractivity contribution is 5.99. The van der Waals surface area contributed by atoms with Crippen LogP contribution in [-0.4, -0.2) is 26.2 Å². The number of carbonyl (C=O) groups excluding carboxylic acids is 2. The lowest BCUT2D eigenvalue weighted by molar-refractivity contribution is -0.708. The predicted molar refractivity (Wildman–Crippen MR) is 59.1 cm³/mol. The lowest BCUT2D eigenvalue weighted by Crippen LogP contribution is -3.19. The van der Waals surface area contributed by atoms with Crippen molar-refractivity contribution in [2.45, 2.75) is 13.8 Å². The minimum Gasteiger partial charge on any atom is -0.469 e. The molecule has 0 spiro atoms. The minimum atomic E-state index is -0.235. The number of carbonyl (C=O) groups is 2. The zero-order valence-electron chi connectivity index (χ0n) is 10.9. The summed E-state index contributed by atoms with van der Waals surface area (Å²) in [6.07, 6.45) is 0. The second-order valence-electron chi connectivity index (χ2n) is 7.13. The van der Waals surface area contributed by atoms with Crippen LogP contribution in [-0.2, 0) is 19.1 Å². The molecule has 96 valence electrons. The Morgan fingerprint density at radius 1 is 0.833 bits per heavy atom. The molecule has 0 radical (unpaired) electrons.